The molecule has 0 spiro atoms. The number of aromatic nitrogens is 2. The Balaban J connectivity index is 1.94. The molecule has 2 aromatic rings. The zero-order valence-corrected chi connectivity index (χ0v) is 12.3. The Labute approximate surface area is 119 Å². The SMILES string of the molecule is CCOc1cccc2c1nc(N)n2CC1CCC(C)C1. The molecule has 1 aromatic carbocycles. The van der Waals surface area contributed by atoms with Gasteiger partial charge in [-0.3, -0.25) is 0 Å². The monoisotopic (exact) mass is 273 g/mol. The van der Waals surface area contributed by atoms with Crippen LogP contribution in [0.1, 0.15) is 33.1 Å². The van der Waals surface area contributed by atoms with Gasteiger partial charge in [-0.15, -0.1) is 0 Å². The van der Waals surface area contributed by atoms with E-state index < -0.39 is 0 Å². The van der Waals surface area contributed by atoms with Gasteiger partial charge in [-0.2, -0.15) is 0 Å². The summed E-state index contributed by atoms with van der Waals surface area (Å²) in [5, 5.41) is 0. The van der Waals surface area contributed by atoms with E-state index in [1.165, 1.54) is 19.3 Å². The highest BCUT2D eigenvalue weighted by molar-refractivity contribution is 5.84. The fourth-order valence-electron chi connectivity index (χ4n) is 3.35. The number of hydrogen-bond acceptors (Lipinski definition) is 3. The summed E-state index contributed by atoms with van der Waals surface area (Å²) >= 11 is 0. The minimum absolute atomic E-state index is 0.603. The quantitative estimate of drug-likeness (QED) is 0.928. The first kappa shape index (κ1) is 13.3. The van der Waals surface area contributed by atoms with Crippen LogP contribution in [0.4, 0.5) is 5.95 Å². The highest BCUT2D eigenvalue weighted by Crippen LogP contribution is 2.34. The number of anilines is 1. The lowest BCUT2D eigenvalue weighted by molar-refractivity contribution is 0.343. The third-order valence-electron chi connectivity index (χ3n) is 4.32. The molecule has 0 bridgehead atoms. The van der Waals surface area contributed by atoms with Crippen LogP contribution < -0.4 is 10.5 Å². The van der Waals surface area contributed by atoms with Crippen LogP contribution >= 0.6 is 0 Å². The maximum Gasteiger partial charge on any atom is 0.201 e. The predicted octanol–water partition coefficient (Wildman–Crippen LogP) is 3.45. The molecule has 0 aliphatic heterocycles. The van der Waals surface area contributed by atoms with E-state index in [1.807, 2.05) is 19.1 Å². The second-order valence-corrected chi connectivity index (χ2v) is 5.92. The van der Waals surface area contributed by atoms with Gasteiger partial charge in [0.1, 0.15) is 11.3 Å². The predicted molar refractivity (Wildman–Crippen MR) is 81.8 cm³/mol. The number of nitrogens with zero attached hydrogens (tertiary/aromatic N) is 2. The van der Waals surface area contributed by atoms with Crippen molar-refractivity contribution < 1.29 is 4.74 Å². The summed E-state index contributed by atoms with van der Waals surface area (Å²) in [6.07, 6.45) is 3.93. The molecule has 1 heterocycles. The second-order valence-electron chi connectivity index (χ2n) is 5.92. The number of para-hydroxylation sites is 1. The van der Waals surface area contributed by atoms with Crippen LogP contribution in [0.15, 0.2) is 18.2 Å². The molecule has 1 aromatic heterocycles. The fourth-order valence-corrected chi connectivity index (χ4v) is 3.35. The number of fused-ring (bicyclic) bond motifs is 1. The van der Waals surface area contributed by atoms with E-state index in [1.54, 1.807) is 0 Å². The molecule has 0 radical (unpaired) electrons. The molecule has 1 fully saturated rings. The van der Waals surface area contributed by atoms with Crippen LogP contribution in [0.3, 0.4) is 0 Å². The van der Waals surface area contributed by atoms with Crippen molar-refractivity contribution in [2.75, 3.05) is 12.3 Å². The largest absolute Gasteiger partial charge is 0.492 e. The maximum absolute atomic E-state index is 6.13. The molecular formula is C16H23N3O. The Morgan fingerprint density at radius 3 is 2.95 bits per heavy atom. The van der Waals surface area contributed by atoms with Gasteiger partial charge >= 0.3 is 0 Å². The molecule has 3 rings (SSSR count). The molecule has 4 heteroatoms. The number of rotatable bonds is 4. The first-order chi connectivity index (χ1) is 9.69. The highest BCUT2D eigenvalue weighted by Gasteiger charge is 2.23. The molecule has 0 saturated heterocycles. The van der Waals surface area contributed by atoms with Crippen molar-refractivity contribution in [2.24, 2.45) is 11.8 Å². The molecule has 2 N–H and O–H groups in total. The summed E-state index contributed by atoms with van der Waals surface area (Å²) in [5.74, 6) is 3.00. The Bertz CT molecular complexity index is 605. The van der Waals surface area contributed by atoms with E-state index in [-0.39, 0.29) is 0 Å². The van der Waals surface area contributed by atoms with Crippen molar-refractivity contribution in [1.29, 1.82) is 0 Å². The summed E-state index contributed by atoms with van der Waals surface area (Å²) in [6.45, 7) is 5.94. The number of hydrogen-bond donors (Lipinski definition) is 1. The summed E-state index contributed by atoms with van der Waals surface area (Å²) in [4.78, 5) is 4.51. The Morgan fingerprint density at radius 2 is 2.25 bits per heavy atom. The van der Waals surface area contributed by atoms with E-state index >= 15 is 0 Å². The number of benzene rings is 1. The number of imidazole rings is 1. The van der Waals surface area contributed by atoms with Crippen LogP contribution in [0.2, 0.25) is 0 Å². The molecule has 2 atom stereocenters. The number of nitrogen functional groups attached to an aromatic ring is 1. The van der Waals surface area contributed by atoms with E-state index in [0.29, 0.717) is 12.6 Å². The molecule has 0 amide bonds. The summed E-state index contributed by atoms with van der Waals surface area (Å²) in [7, 11) is 0. The average molecular weight is 273 g/mol. The van der Waals surface area contributed by atoms with Gasteiger partial charge in [0.2, 0.25) is 5.95 Å². The molecule has 1 aliphatic rings. The number of ether oxygens (including phenoxy) is 1. The first-order valence-electron chi connectivity index (χ1n) is 7.56. The van der Waals surface area contributed by atoms with Crippen LogP contribution in [0.25, 0.3) is 11.0 Å². The van der Waals surface area contributed by atoms with E-state index in [2.05, 4.69) is 22.5 Å². The van der Waals surface area contributed by atoms with Gasteiger partial charge in [0.05, 0.1) is 12.1 Å². The molecule has 2 unspecified atom stereocenters. The number of nitrogens with two attached hydrogens (primary N) is 1. The third kappa shape index (κ3) is 2.35. The van der Waals surface area contributed by atoms with Crippen molar-refractivity contribution in [3.63, 3.8) is 0 Å². The van der Waals surface area contributed by atoms with E-state index in [9.17, 15) is 0 Å². The van der Waals surface area contributed by atoms with Crippen LogP contribution in [0.5, 0.6) is 5.75 Å². The second kappa shape index (κ2) is 5.35. The highest BCUT2D eigenvalue weighted by atomic mass is 16.5. The van der Waals surface area contributed by atoms with Crippen LogP contribution in [-0.4, -0.2) is 16.2 Å². The zero-order chi connectivity index (χ0) is 14.1. The average Bonchev–Trinajstić information content (AvgIpc) is 2.97. The van der Waals surface area contributed by atoms with Gasteiger partial charge in [0.15, 0.2) is 0 Å². The van der Waals surface area contributed by atoms with Crippen molar-refractivity contribution in [2.45, 2.75) is 39.7 Å². The Kier molecular flexibility index (Phi) is 3.55. The van der Waals surface area contributed by atoms with Crippen molar-refractivity contribution in [1.82, 2.24) is 9.55 Å². The molecule has 1 saturated carbocycles. The lowest BCUT2D eigenvalue weighted by Crippen LogP contribution is -2.10. The van der Waals surface area contributed by atoms with E-state index in [4.69, 9.17) is 10.5 Å². The molecule has 108 valence electrons. The van der Waals surface area contributed by atoms with E-state index in [0.717, 1.165) is 35.2 Å². The van der Waals surface area contributed by atoms with Crippen molar-refractivity contribution >= 4 is 17.0 Å². The zero-order valence-electron chi connectivity index (χ0n) is 12.3. The lowest BCUT2D eigenvalue weighted by atomic mass is 10.1. The third-order valence-corrected chi connectivity index (χ3v) is 4.32. The molecule has 1 aliphatic carbocycles. The molecule has 20 heavy (non-hydrogen) atoms. The van der Waals surface area contributed by atoms with Gasteiger partial charge in [-0.1, -0.05) is 19.4 Å². The normalized spacial score (nSPS) is 22.5. The van der Waals surface area contributed by atoms with Crippen molar-refractivity contribution in [3.8, 4) is 5.75 Å². The fraction of sp³-hybridized carbons (Fsp3) is 0.562. The topological polar surface area (TPSA) is 53.1 Å². The standard InChI is InChI=1S/C16H23N3O/c1-3-20-14-6-4-5-13-15(14)18-16(17)19(13)10-12-8-7-11(2)9-12/h4-6,11-12H,3,7-10H2,1-2H3,(H2,17,18). The van der Waals surface area contributed by atoms with Gasteiger partial charge in [0, 0.05) is 6.54 Å². The smallest absolute Gasteiger partial charge is 0.201 e. The summed E-state index contributed by atoms with van der Waals surface area (Å²) < 4.78 is 7.80. The lowest BCUT2D eigenvalue weighted by Gasteiger charge is -2.13. The Morgan fingerprint density at radius 1 is 1.40 bits per heavy atom. The van der Waals surface area contributed by atoms with Gasteiger partial charge in [-0.05, 0) is 43.7 Å². The molecular weight excluding hydrogens is 250 g/mol. The molecule has 4 nitrogen and oxygen atoms in total. The Hall–Kier alpha value is -1.71. The minimum atomic E-state index is 0.603. The van der Waals surface area contributed by atoms with Crippen LogP contribution in [-0.2, 0) is 6.54 Å². The van der Waals surface area contributed by atoms with Gasteiger partial charge in [-0.25, -0.2) is 4.98 Å². The maximum atomic E-state index is 6.13. The minimum Gasteiger partial charge on any atom is -0.492 e. The van der Waals surface area contributed by atoms with Crippen LogP contribution in [0, 0.1) is 11.8 Å². The van der Waals surface area contributed by atoms with Crippen molar-refractivity contribution in [3.05, 3.63) is 18.2 Å². The van der Waals surface area contributed by atoms with Gasteiger partial charge < -0.3 is 15.0 Å². The first-order valence-corrected chi connectivity index (χ1v) is 7.56. The van der Waals surface area contributed by atoms with Gasteiger partial charge in [0.25, 0.3) is 0 Å². The summed E-state index contributed by atoms with van der Waals surface area (Å²) in [5.41, 5.74) is 8.11. The summed E-state index contributed by atoms with van der Waals surface area (Å²) in [6, 6.07) is 6.06.